The molecule has 0 aliphatic rings. The van der Waals surface area contributed by atoms with Gasteiger partial charge in [0.25, 0.3) is 20.2 Å². The molecular weight excluding hydrogens is 480 g/mol. The van der Waals surface area contributed by atoms with Crippen LogP contribution in [0.3, 0.4) is 0 Å². The molecular formula is C20H17O11S2+. The smallest absolute Gasteiger partial charge is 0.361 e. The van der Waals surface area contributed by atoms with Crippen LogP contribution in [-0.2, 0) is 20.2 Å². The Labute approximate surface area is 188 Å². The minimum atomic E-state index is -4.69. The molecule has 0 unspecified atom stereocenters. The van der Waals surface area contributed by atoms with E-state index in [0.29, 0.717) is 0 Å². The number of carbonyl (C=O) groups is 1. The molecule has 33 heavy (non-hydrogen) atoms. The zero-order chi connectivity index (χ0) is 24.6. The number of carboxylic acid groups (broad SMARTS) is 1. The number of benzene rings is 2. The normalized spacial score (nSPS) is 11.8. The quantitative estimate of drug-likeness (QED) is 0.323. The molecule has 0 amide bonds. The van der Waals surface area contributed by atoms with Crippen LogP contribution >= 0.6 is 0 Å². The van der Waals surface area contributed by atoms with Crippen molar-refractivity contribution < 1.29 is 49.7 Å². The predicted octanol–water partition coefficient (Wildman–Crippen LogP) is 3.10. The molecule has 0 saturated carbocycles. The first-order valence-corrected chi connectivity index (χ1v) is 11.8. The number of hydrogen-bond acceptors (Lipinski definition) is 7. The Balaban J connectivity index is 2.27. The van der Waals surface area contributed by atoms with Gasteiger partial charge in [0, 0.05) is 0 Å². The summed E-state index contributed by atoms with van der Waals surface area (Å²) in [6, 6.07) is 9.53. The second-order valence-corrected chi connectivity index (χ2v) is 9.34. The van der Waals surface area contributed by atoms with Crippen molar-refractivity contribution in [1.82, 2.24) is 0 Å². The van der Waals surface area contributed by atoms with E-state index in [1.54, 1.807) is 0 Å². The number of carboxylic acids is 1. The number of hydrogen-bond donors (Lipinski definition) is 3. The average Bonchev–Trinajstić information content (AvgIpc) is 2.76. The third-order valence-electron chi connectivity index (χ3n) is 4.49. The summed E-state index contributed by atoms with van der Waals surface area (Å²) in [4.78, 5) is 10.5. The molecule has 3 aromatic rings. The summed E-state index contributed by atoms with van der Waals surface area (Å²) in [5.41, 5.74) is -0.104. The Morgan fingerprint density at radius 3 is 1.45 bits per heavy atom. The van der Waals surface area contributed by atoms with Gasteiger partial charge in [-0.3, -0.25) is 9.11 Å². The Hall–Kier alpha value is -3.52. The van der Waals surface area contributed by atoms with Crippen molar-refractivity contribution in [2.45, 2.75) is 9.79 Å². The first-order chi connectivity index (χ1) is 15.3. The highest BCUT2D eigenvalue weighted by atomic mass is 32.2. The van der Waals surface area contributed by atoms with Crippen LogP contribution in [0.4, 0.5) is 0 Å². The lowest BCUT2D eigenvalue weighted by Crippen LogP contribution is -2.03. The molecule has 3 rings (SSSR count). The van der Waals surface area contributed by atoms with Crippen molar-refractivity contribution in [3.05, 3.63) is 54.1 Å². The van der Waals surface area contributed by atoms with Crippen molar-refractivity contribution >= 4 is 26.2 Å². The van der Waals surface area contributed by atoms with Gasteiger partial charge in [0.1, 0.15) is 21.3 Å². The van der Waals surface area contributed by atoms with Gasteiger partial charge in [0.2, 0.25) is 0 Å². The fraction of sp³-hybridized carbons (Fsp3) is 0.100. The Kier molecular flexibility index (Phi) is 6.42. The molecule has 174 valence electrons. The largest absolute Gasteiger partial charge is 0.495 e. The summed E-state index contributed by atoms with van der Waals surface area (Å²) in [5, 5.41) is 9.51. The van der Waals surface area contributed by atoms with Crippen LogP contribution in [0.5, 0.6) is 11.5 Å². The van der Waals surface area contributed by atoms with E-state index in [2.05, 4.69) is 0 Å². The predicted molar refractivity (Wildman–Crippen MR) is 114 cm³/mol. The SMILES string of the molecule is COc1ccc(-c2cc(C(=O)O)cc(-c3ccc(OC)c(S(=O)(=O)O)c3)[o+]2)cc1S(=O)(=O)O. The van der Waals surface area contributed by atoms with Gasteiger partial charge in [-0.1, -0.05) is 0 Å². The van der Waals surface area contributed by atoms with Crippen LogP contribution in [0.1, 0.15) is 10.4 Å². The van der Waals surface area contributed by atoms with Crippen molar-refractivity contribution in [3.63, 3.8) is 0 Å². The van der Waals surface area contributed by atoms with Crippen molar-refractivity contribution in [3.8, 4) is 34.1 Å². The van der Waals surface area contributed by atoms with Crippen LogP contribution in [-0.4, -0.2) is 51.2 Å². The zero-order valence-electron chi connectivity index (χ0n) is 17.0. The summed E-state index contributed by atoms with van der Waals surface area (Å²) < 4.78 is 81.4. The molecule has 13 heteroatoms. The van der Waals surface area contributed by atoms with Crippen molar-refractivity contribution in [2.75, 3.05) is 14.2 Å². The molecule has 3 N–H and O–H groups in total. The Morgan fingerprint density at radius 1 is 0.758 bits per heavy atom. The van der Waals surface area contributed by atoms with Crippen molar-refractivity contribution in [1.29, 1.82) is 0 Å². The second kappa shape index (κ2) is 8.78. The summed E-state index contributed by atoms with van der Waals surface area (Å²) >= 11 is 0. The van der Waals surface area contributed by atoms with Crippen molar-refractivity contribution in [2.24, 2.45) is 0 Å². The Morgan fingerprint density at radius 2 is 1.15 bits per heavy atom. The van der Waals surface area contributed by atoms with Crippen LogP contribution in [0.25, 0.3) is 22.6 Å². The van der Waals surface area contributed by atoms with Crippen LogP contribution < -0.4 is 9.47 Å². The van der Waals surface area contributed by atoms with Crippen LogP contribution in [0.15, 0.2) is 62.7 Å². The third-order valence-corrected chi connectivity index (χ3v) is 6.24. The van der Waals surface area contributed by atoms with Crippen LogP contribution in [0, 0.1) is 0 Å². The lowest BCUT2D eigenvalue weighted by atomic mass is 10.1. The van der Waals surface area contributed by atoms with Crippen LogP contribution in [0.2, 0.25) is 0 Å². The monoisotopic (exact) mass is 497 g/mol. The van der Waals surface area contributed by atoms with Gasteiger partial charge in [-0.25, -0.2) is 9.21 Å². The molecule has 0 atom stereocenters. The third kappa shape index (κ3) is 5.12. The molecule has 0 fully saturated rings. The van der Waals surface area contributed by atoms with Gasteiger partial charge in [-0.05, 0) is 36.4 Å². The topological polar surface area (TPSA) is 176 Å². The highest BCUT2D eigenvalue weighted by Gasteiger charge is 2.27. The first kappa shape index (κ1) is 24.1. The lowest BCUT2D eigenvalue weighted by Gasteiger charge is -2.07. The summed E-state index contributed by atoms with van der Waals surface area (Å²) in [5.74, 6) is -1.86. The fourth-order valence-electron chi connectivity index (χ4n) is 2.97. The minimum absolute atomic E-state index is 0.0799. The second-order valence-electron chi connectivity index (χ2n) is 6.56. The highest BCUT2D eigenvalue weighted by Crippen LogP contribution is 2.35. The highest BCUT2D eigenvalue weighted by molar-refractivity contribution is 7.86. The maximum absolute atomic E-state index is 11.7. The molecule has 0 aliphatic carbocycles. The average molecular weight is 497 g/mol. The summed E-state index contributed by atoms with van der Waals surface area (Å²) in [6.45, 7) is 0. The fourth-order valence-corrected chi connectivity index (χ4v) is 4.34. The van der Waals surface area contributed by atoms with Gasteiger partial charge in [-0.15, -0.1) is 0 Å². The molecule has 0 bridgehead atoms. The zero-order valence-corrected chi connectivity index (χ0v) is 18.7. The van der Waals surface area contributed by atoms with Gasteiger partial charge >= 0.3 is 17.5 Å². The van der Waals surface area contributed by atoms with E-state index in [9.17, 15) is 35.8 Å². The maximum atomic E-state index is 11.7. The van der Waals surface area contributed by atoms with E-state index < -0.39 is 36.0 Å². The molecule has 11 nitrogen and oxygen atoms in total. The molecule has 0 radical (unpaired) electrons. The van der Waals surface area contributed by atoms with Gasteiger partial charge in [-0.2, -0.15) is 16.8 Å². The van der Waals surface area contributed by atoms with E-state index in [1.165, 1.54) is 38.5 Å². The van der Waals surface area contributed by atoms with E-state index in [4.69, 9.17) is 13.9 Å². The maximum Gasteiger partial charge on any atom is 0.361 e. The first-order valence-electron chi connectivity index (χ1n) is 8.88. The van der Waals surface area contributed by atoms with E-state index in [1.807, 2.05) is 0 Å². The minimum Gasteiger partial charge on any atom is -0.495 e. The van der Waals surface area contributed by atoms with E-state index in [0.717, 1.165) is 24.3 Å². The Bertz CT molecular complexity index is 1360. The lowest BCUT2D eigenvalue weighted by molar-refractivity contribution is 0.0696. The molecule has 2 aromatic carbocycles. The standard InChI is InChI=1S/C20H16O11S2/c1-29-14-5-3-11(9-18(14)32(23,24)25)16-7-13(20(21)22)8-17(31-16)12-4-6-15(30-2)19(10-12)33(26,27)28/h3-10H,1-2H3,(H2-,21,22,23,24,25,26,27,28)/p+1. The molecule has 1 heterocycles. The number of aromatic carboxylic acids is 1. The number of ether oxygens (including phenoxy) is 2. The molecule has 0 aliphatic heterocycles. The molecule has 1 aromatic heterocycles. The van der Waals surface area contributed by atoms with Gasteiger partial charge in [0.15, 0.2) is 0 Å². The number of methoxy groups -OCH3 is 2. The summed E-state index contributed by atoms with van der Waals surface area (Å²) in [6.07, 6.45) is 0. The van der Waals surface area contributed by atoms with Gasteiger partial charge < -0.3 is 14.6 Å². The van der Waals surface area contributed by atoms with Gasteiger partial charge in [0.05, 0.1) is 43.0 Å². The number of rotatable bonds is 7. The molecule has 0 saturated heterocycles. The molecule has 0 spiro atoms. The van der Waals surface area contributed by atoms with E-state index >= 15 is 0 Å². The summed E-state index contributed by atoms with van der Waals surface area (Å²) in [7, 11) is -6.97. The van der Waals surface area contributed by atoms with E-state index in [-0.39, 0.29) is 39.7 Å².